The average Bonchev–Trinajstić information content (AvgIpc) is 3.28. The van der Waals surface area contributed by atoms with Crippen molar-refractivity contribution in [3.63, 3.8) is 0 Å². The third kappa shape index (κ3) is 68.5. The number of benzene rings is 2. The number of carboxylic acid groups (broad SMARTS) is 4. The Labute approximate surface area is 444 Å². The first-order valence-corrected chi connectivity index (χ1v) is 26.1. The summed E-state index contributed by atoms with van der Waals surface area (Å²) in [5.41, 5.74) is 1.38. The maximum Gasteiger partial charge on any atom is 2.00 e. The molecule has 0 saturated heterocycles. The van der Waals surface area contributed by atoms with Crippen LogP contribution in [0.3, 0.4) is 0 Å². The first-order chi connectivity index (χ1) is 32.8. The van der Waals surface area contributed by atoms with Crippen LogP contribution in [0.25, 0.3) is 0 Å². The molecule has 2 N–H and O–H groups in total. The molecular weight excluding hydrogens is 978 g/mol. The minimum Gasteiger partial charge on any atom is -0.550 e. The van der Waals surface area contributed by atoms with E-state index in [0.29, 0.717) is 24.2 Å². The second-order valence-corrected chi connectivity index (χ2v) is 17.3. The summed E-state index contributed by atoms with van der Waals surface area (Å²) in [7, 11) is 0. The first kappa shape index (κ1) is 75.2. The molecule has 0 fully saturated rings. The van der Waals surface area contributed by atoms with Crippen molar-refractivity contribution in [3.8, 4) is 11.5 Å². The van der Waals surface area contributed by atoms with Gasteiger partial charge in [0.15, 0.2) is 0 Å². The maximum absolute atomic E-state index is 10.2. The predicted octanol–water partition coefficient (Wildman–Crippen LogP) is 10.1. The smallest absolute Gasteiger partial charge is 0.550 e. The molecule has 0 atom stereocenters. The van der Waals surface area contributed by atoms with E-state index >= 15 is 0 Å². The number of aliphatic imine (C=N–C) groups is 2. The fraction of sp³-hybridized carbons (Fsp3) is 0.679. The van der Waals surface area contributed by atoms with Gasteiger partial charge < -0.3 is 49.8 Å². The number of unbranched alkanes of at least 4 members (excludes halogenated alkanes) is 28. The fourth-order valence-electron chi connectivity index (χ4n) is 6.92. The molecule has 0 aliphatic carbocycles. The van der Waals surface area contributed by atoms with E-state index in [2.05, 4.69) is 23.8 Å². The largest absolute Gasteiger partial charge is 2.00 e. The minimum atomic E-state index is -1.08. The number of carboxylic acids is 4. The van der Waals surface area contributed by atoms with Crippen LogP contribution >= 0.6 is 0 Å². The normalized spacial score (nSPS) is 10.2. The summed E-state index contributed by atoms with van der Waals surface area (Å²) in [4.78, 5) is 46.6. The maximum atomic E-state index is 10.2. The topological polar surface area (TPSA) is 226 Å². The number of hydrogen-bond acceptors (Lipinski definition) is 12. The summed E-state index contributed by atoms with van der Waals surface area (Å²) in [6, 6.07) is 14.1. The molecule has 0 unspecified atom stereocenters. The SMILES string of the molecule is CC(=O)[O-].CC(=O)[O-].CCCCCCCCCCCCCCCCCC(=O)[O-].CCCCCCCCCCCCCCCCCC(=O)[O-].Oc1ccccc1C=NCCN=Cc1ccccc1O.[Co+2].[Co+2]. The van der Waals surface area contributed by atoms with E-state index in [-0.39, 0.29) is 57.9 Å². The van der Waals surface area contributed by atoms with Crippen molar-refractivity contribution in [2.24, 2.45) is 9.98 Å². The van der Waals surface area contributed by atoms with Gasteiger partial charge in [-0.3, -0.25) is 9.98 Å². The van der Waals surface area contributed by atoms with Crippen LogP contribution in [-0.4, -0.2) is 59.6 Å². The van der Waals surface area contributed by atoms with E-state index in [0.717, 1.165) is 39.5 Å². The van der Waals surface area contributed by atoms with Gasteiger partial charge in [-0.15, -0.1) is 0 Å². The number of aliphatic carboxylic acids is 4. The summed E-state index contributed by atoms with van der Waals surface area (Å²) < 4.78 is 0. The second kappa shape index (κ2) is 61.4. The van der Waals surface area contributed by atoms with Gasteiger partial charge in [-0.05, 0) is 63.8 Å². The van der Waals surface area contributed by atoms with Crippen LogP contribution in [0.5, 0.6) is 11.5 Å². The van der Waals surface area contributed by atoms with E-state index in [1.54, 1.807) is 48.8 Å². The molecule has 404 valence electrons. The number of carbonyl (C=O) groups is 4. The van der Waals surface area contributed by atoms with Crippen LogP contribution in [0.1, 0.15) is 244 Å². The van der Waals surface area contributed by atoms with Crippen molar-refractivity contribution in [2.75, 3.05) is 13.1 Å². The number of phenolic OH excluding ortho intramolecular Hbond substituents is 2. The van der Waals surface area contributed by atoms with E-state index in [4.69, 9.17) is 19.8 Å². The Morgan fingerprint density at radius 3 is 0.800 bits per heavy atom. The summed E-state index contributed by atoms with van der Waals surface area (Å²) in [6.07, 6.45) is 43.0. The van der Waals surface area contributed by atoms with E-state index in [9.17, 15) is 30.0 Å². The van der Waals surface area contributed by atoms with Crippen molar-refractivity contribution in [1.82, 2.24) is 0 Å². The Morgan fingerprint density at radius 1 is 0.400 bits per heavy atom. The van der Waals surface area contributed by atoms with Gasteiger partial charge in [0.05, 0.1) is 13.1 Å². The molecule has 2 aromatic carbocycles. The summed E-state index contributed by atoms with van der Waals surface area (Å²) in [5.74, 6) is -3.54. The molecule has 0 spiro atoms. The third-order valence-corrected chi connectivity index (χ3v) is 10.7. The number of nitrogens with zero attached hydrogens (tertiary/aromatic N) is 2. The zero-order chi connectivity index (χ0) is 51.1. The van der Waals surface area contributed by atoms with Crippen LogP contribution in [-0.2, 0) is 52.7 Å². The van der Waals surface area contributed by atoms with Gasteiger partial charge in [0.25, 0.3) is 0 Å². The number of aromatic hydroxyl groups is 2. The van der Waals surface area contributed by atoms with Crippen molar-refractivity contribution in [2.45, 2.75) is 233 Å². The Bertz CT molecular complexity index is 1410. The molecule has 0 aliphatic rings. The molecule has 12 nitrogen and oxygen atoms in total. The van der Waals surface area contributed by atoms with Crippen LogP contribution in [0, 0.1) is 0 Å². The standard InChI is InChI=1S/2C18H36O2.C16H16N2O2.2C2H4O2.2Co/c2*1-2-3-4-5-6-7-8-9-10-11-12-13-14-15-16-17-18(19)20;19-15-7-3-1-5-13(15)11-17-9-10-18-12-14-6-2-4-8-16(14)20;2*1-2(3)4;;/h2*2-17H2,1H3,(H,19,20);1-8,11-12,19-20H,9-10H2;2*1H3,(H,3,4);;/q;;;;;2*+2/p-4. The van der Waals surface area contributed by atoms with Crippen molar-refractivity contribution >= 4 is 36.3 Å². The number of phenols is 2. The number of para-hydroxylation sites is 2. The van der Waals surface area contributed by atoms with Gasteiger partial charge in [0, 0.05) is 47.4 Å². The molecule has 0 amide bonds. The zero-order valence-electron chi connectivity index (χ0n) is 43.5. The predicted molar refractivity (Wildman–Crippen MR) is 272 cm³/mol. The van der Waals surface area contributed by atoms with Gasteiger partial charge in [-0.1, -0.05) is 218 Å². The van der Waals surface area contributed by atoms with Gasteiger partial charge in [0.2, 0.25) is 0 Å². The molecule has 0 bridgehead atoms. The molecule has 14 heteroatoms. The van der Waals surface area contributed by atoms with Crippen LogP contribution in [0.2, 0.25) is 0 Å². The Hall–Kier alpha value is -3.73. The molecule has 2 aromatic rings. The molecule has 0 heterocycles. The molecule has 2 radical (unpaired) electrons. The number of hydrogen-bond donors (Lipinski definition) is 2. The van der Waals surface area contributed by atoms with Gasteiger partial charge >= 0.3 is 33.6 Å². The van der Waals surface area contributed by atoms with Crippen LogP contribution < -0.4 is 20.4 Å². The summed E-state index contributed by atoms with van der Waals surface area (Å²) >= 11 is 0. The number of rotatable bonds is 37. The third-order valence-electron chi connectivity index (χ3n) is 10.7. The second-order valence-electron chi connectivity index (χ2n) is 17.3. The Morgan fingerprint density at radius 2 is 0.600 bits per heavy atom. The van der Waals surface area contributed by atoms with Gasteiger partial charge in [-0.25, -0.2) is 0 Å². The van der Waals surface area contributed by atoms with Gasteiger partial charge in [-0.2, -0.15) is 0 Å². The summed E-state index contributed by atoms with van der Waals surface area (Å²) in [6.45, 7) is 7.53. The molecule has 0 saturated carbocycles. The van der Waals surface area contributed by atoms with Crippen LogP contribution in [0.4, 0.5) is 0 Å². The molecular formula is C56H92Co2N2O10. The molecule has 0 aromatic heterocycles. The number of carbonyl (C=O) groups excluding carboxylic acids is 4. The molecule has 2 rings (SSSR count). The zero-order valence-corrected chi connectivity index (χ0v) is 45.6. The van der Waals surface area contributed by atoms with E-state index < -0.39 is 23.9 Å². The van der Waals surface area contributed by atoms with E-state index in [1.165, 1.54) is 167 Å². The van der Waals surface area contributed by atoms with Crippen LogP contribution in [0.15, 0.2) is 58.5 Å². The van der Waals surface area contributed by atoms with Crippen molar-refractivity contribution in [1.29, 1.82) is 0 Å². The van der Waals surface area contributed by atoms with Crippen molar-refractivity contribution in [3.05, 3.63) is 59.7 Å². The Balaban J connectivity index is -0.000000275. The minimum absolute atomic E-state index is 0. The van der Waals surface area contributed by atoms with Gasteiger partial charge in [0.1, 0.15) is 11.5 Å². The first-order valence-electron chi connectivity index (χ1n) is 26.1. The molecule has 0 aliphatic heterocycles. The van der Waals surface area contributed by atoms with E-state index in [1.807, 2.05) is 12.1 Å². The average molecular weight is 1070 g/mol. The quantitative estimate of drug-likeness (QED) is 0.0481. The monoisotopic (exact) mass is 1070 g/mol. The fourth-order valence-corrected chi connectivity index (χ4v) is 6.92. The summed E-state index contributed by atoms with van der Waals surface area (Å²) in [5, 5.41) is 57.3. The Kier molecular flexibility index (Phi) is 66.0. The van der Waals surface area contributed by atoms with Crippen molar-refractivity contribution < 1.29 is 83.4 Å². The molecule has 70 heavy (non-hydrogen) atoms.